The molecule has 1 heterocycles. The summed E-state index contributed by atoms with van der Waals surface area (Å²) in [6.07, 6.45) is 6.14. The Labute approximate surface area is 105 Å². The minimum Gasteiger partial charge on any atom is -0.389 e. The molecular formula is C14H27NO2. The van der Waals surface area contributed by atoms with Crippen molar-refractivity contribution in [1.82, 2.24) is 4.90 Å². The predicted molar refractivity (Wildman–Crippen MR) is 70.0 cm³/mol. The molecule has 0 amide bonds. The van der Waals surface area contributed by atoms with Crippen LogP contribution in [0.5, 0.6) is 0 Å². The van der Waals surface area contributed by atoms with E-state index in [1.54, 1.807) is 6.92 Å². The highest BCUT2D eigenvalue weighted by molar-refractivity contribution is 5.76. The second-order valence-corrected chi connectivity index (χ2v) is 5.73. The van der Waals surface area contributed by atoms with Crippen molar-refractivity contribution < 1.29 is 9.90 Å². The van der Waals surface area contributed by atoms with Crippen molar-refractivity contribution in [3.63, 3.8) is 0 Å². The van der Waals surface area contributed by atoms with Crippen molar-refractivity contribution >= 4 is 5.78 Å². The Morgan fingerprint density at radius 2 is 2.12 bits per heavy atom. The van der Waals surface area contributed by atoms with E-state index in [1.807, 2.05) is 13.8 Å². The lowest BCUT2D eigenvalue weighted by atomic mass is 9.99. The number of β-amino-alcohol motifs (C(OH)–C–C–N with tert-alkyl or cyclic N) is 1. The zero-order valence-corrected chi connectivity index (χ0v) is 11.5. The standard InChI is InChI=1S/C14H27NO2/c1-4-14(3,17)11-15-9-7-5-6-8-13(15)10-12(2)16/h13,17H,4-11H2,1-3H3. The number of Topliss-reactive ketones (excluding diaryl/α,β-unsaturated/α-hetero) is 1. The largest absolute Gasteiger partial charge is 0.389 e. The van der Waals surface area contributed by atoms with Gasteiger partial charge in [-0.05, 0) is 39.7 Å². The fourth-order valence-electron chi connectivity index (χ4n) is 2.56. The molecule has 2 unspecified atom stereocenters. The summed E-state index contributed by atoms with van der Waals surface area (Å²) in [7, 11) is 0. The molecule has 0 spiro atoms. The fourth-order valence-corrected chi connectivity index (χ4v) is 2.56. The Balaban J connectivity index is 2.64. The van der Waals surface area contributed by atoms with Gasteiger partial charge in [0, 0.05) is 19.0 Å². The zero-order valence-electron chi connectivity index (χ0n) is 11.5. The molecule has 0 aromatic carbocycles. The Kier molecular flexibility index (Phi) is 5.60. The second-order valence-electron chi connectivity index (χ2n) is 5.73. The summed E-state index contributed by atoms with van der Waals surface area (Å²) < 4.78 is 0. The lowest BCUT2D eigenvalue weighted by Crippen LogP contribution is -2.46. The van der Waals surface area contributed by atoms with E-state index in [0.29, 0.717) is 19.0 Å². The van der Waals surface area contributed by atoms with Crippen LogP contribution in [-0.4, -0.2) is 40.5 Å². The lowest BCUT2D eigenvalue weighted by Gasteiger charge is -2.35. The van der Waals surface area contributed by atoms with Gasteiger partial charge < -0.3 is 5.11 Å². The average Bonchev–Trinajstić information content (AvgIpc) is 2.44. The molecule has 100 valence electrons. The van der Waals surface area contributed by atoms with Crippen LogP contribution in [0.3, 0.4) is 0 Å². The molecule has 0 saturated carbocycles. The van der Waals surface area contributed by atoms with Gasteiger partial charge in [-0.2, -0.15) is 0 Å². The van der Waals surface area contributed by atoms with Crippen LogP contribution in [0, 0.1) is 0 Å². The van der Waals surface area contributed by atoms with Crippen molar-refractivity contribution in [1.29, 1.82) is 0 Å². The summed E-state index contributed by atoms with van der Waals surface area (Å²) in [5.41, 5.74) is -0.626. The van der Waals surface area contributed by atoms with Crippen LogP contribution < -0.4 is 0 Å². The molecule has 3 nitrogen and oxygen atoms in total. The van der Waals surface area contributed by atoms with Gasteiger partial charge in [-0.15, -0.1) is 0 Å². The summed E-state index contributed by atoms with van der Waals surface area (Å²) in [4.78, 5) is 13.6. The van der Waals surface area contributed by atoms with Gasteiger partial charge >= 0.3 is 0 Å². The number of carbonyl (C=O) groups excluding carboxylic acids is 1. The predicted octanol–water partition coefficient (Wildman–Crippen LogP) is 2.37. The quantitative estimate of drug-likeness (QED) is 0.803. The molecule has 1 saturated heterocycles. The summed E-state index contributed by atoms with van der Waals surface area (Å²) >= 11 is 0. The number of likely N-dealkylation sites (tertiary alicyclic amines) is 1. The number of ketones is 1. The topological polar surface area (TPSA) is 40.5 Å². The van der Waals surface area contributed by atoms with Crippen molar-refractivity contribution in [3.8, 4) is 0 Å². The Hall–Kier alpha value is -0.410. The van der Waals surface area contributed by atoms with E-state index in [1.165, 1.54) is 19.3 Å². The number of carbonyl (C=O) groups is 1. The number of rotatable bonds is 5. The first-order chi connectivity index (χ1) is 7.94. The Bertz CT molecular complexity index is 251. The average molecular weight is 241 g/mol. The van der Waals surface area contributed by atoms with E-state index in [2.05, 4.69) is 4.90 Å². The summed E-state index contributed by atoms with van der Waals surface area (Å²) in [6, 6.07) is 0.341. The van der Waals surface area contributed by atoms with E-state index in [4.69, 9.17) is 0 Å². The SMILES string of the molecule is CCC(C)(O)CN1CCCCCC1CC(C)=O. The van der Waals surface area contributed by atoms with E-state index in [9.17, 15) is 9.90 Å². The highest BCUT2D eigenvalue weighted by Gasteiger charge is 2.28. The fraction of sp³-hybridized carbons (Fsp3) is 0.929. The first-order valence-electron chi connectivity index (χ1n) is 6.90. The molecule has 1 aliphatic heterocycles. The summed E-state index contributed by atoms with van der Waals surface area (Å²) in [5.74, 6) is 0.262. The third kappa shape index (κ3) is 5.17. The minimum atomic E-state index is -0.626. The molecule has 0 aliphatic carbocycles. The monoisotopic (exact) mass is 241 g/mol. The molecule has 2 atom stereocenters. The molecule has 0 aromatic heterocycles. The van der Waals surface area contributed by atoms with Crippen LogP contribution in [-0.2, 0) is 4.79 Å². The van der Waals surface area contributed by atoms with Crippen molar-refractivity contribution in [2.45, 2.75) is 70.9 Å². The van der Waals surface area contributed by atoms with Gasteiger partial charge in [-0.1, -0.05) is 19.8 Å². The van der Waals surface area contributed by atoms with Gasteiger partial charge in [0.25, 0.3) is 0 Å². The van der Waals surface area contributed by atoms with E-state index >= 15 is 0 Å². The number of aliphatic hydroxyl groups is 1. The molecule has 0 radical (unpaired) electrons. The van der Waals surface area contributed by atoms with Gasteiger partial charge in [0.2, 0.25) is 0 Å². The van der Waals surface area contributed by atoms with Crippen LogP contribution in [0.4, 0.5) is 0 Å². The maximum absolute atomic E-state index is 11.3. The van der Waals surface area contributed by atoms with Crippen LogP contribution in [0.1, 0.15) is 59.3 Å². The molecular weight excluding hydrogens is 214 g/mol. The first kappa shape index (κ1) is 14.7. The van der Waals surface area contributed by atoms with E-state index in [0.717, 1.165) is 19.4 Å². The van der Waals surface area contributed by atoms with E-state index < -0.39 is 5.60 Å². The van der Waals surface area contributed by atoms with Gasteiger partial charge in [0.15, 0.2) is 0 Å². The molecule has 1 rings (SSSR count). The molecule has 0 aromatic rings. The first-order valence-corrected chi connectivity index (χ1v) is 6.90. The smallest absolute Gasteiger partial charge is 0.131 e. The summed E-state index contributed by atoms with van der Waals surface area (Å²) in [5, 5.41) is 10.2. The van der Waals surface area contributed by atoms with Gasteiger partial charge in [0.05, 0.1) is 5.60 Å². The molecule has 3 heteroatoms. The van der Waals surface area contributed by atoms with Crippen molar-refractivity contribution in [2.75, 3.05) is 13.1 Å². The lowest BCUT2D eigenvalue weighted by molar-refractivity contribution is -0.118. The second kappa shape index (κ2) is 6.50. The van der Waals surface area contributed by atoms with Crippen molar-refractivity contribution in [2.24, 2.45) is 0 Å². The normalized spacial score (nSPS) is 26.2. The van der Waals surface area contributed by atoms with Crippen LogP contribution in [0.2, 0.25) is 0 Å². The number of hydrogen-bond donors (Lipinski definition) is 1. The zero-order chi connectivity index (χ0) is 12.9. The van der Waals surface area contributed by atoms with Gasteiger partial charge in [0.1, 0.15) is 5.78 Å². The van der Waals surface area contributed by atoms with Crippen LogP contribution in [0.15, 0.2) is 0 Å². The Morgan fingerprint density at radius 1 is 1.41 bits per heavy atom. The maximum atomic E-state index is 11.3. The minimum absolute atomic E-state index is 0.262. The molecule has 1 aliphatic rings. The highest BCUT2D eigenvalue weighted by Crippen LogP contribution is 2.22. The van der Waals surface area contributed by atoms with Crippen LogP contribution >= 0.6 is 0 Å². The van der Waals surface area contributed by atoms with Crippen molar-refractivity contribution in [3.05, 3.63) is 0 Å². The Morgan fingerprint density at radius 3 is 2.71 bits per heavy atom. The number of nitrogens with zero attached hydrogens (tertiary/aromatic N) is 1. The molecule has 0 bridgehead atoms. The van der Waals surface area contributed by atoms with E-state index in [-0.39, 0.29) is 5.78 Å². The highest BCUT2D eigenvalue weighted by atomic mass is 16.3. The molecule has 1 fully saturated rings. The third-order valence-corrected chi connectivity index (χ3v) is 3.83. The summed E-state index contributed by atoms with van der Waals surface area (Å²) in [6.45, 7) is 7.29. The van der Waals surface area contributed by atoms with Gasteiger partial charge in [-0.3, -0.25) is 9.69 Å². The van der Waals surface area contributed by atoms with Gasteiger partial charge in [-0.25, -0.2) is 0 Å². The molecule has 17 heavy (non-hydrogen) atoms. The number of hydrogen-bond acceptors (Lipinski definition) is 3. The maximum Gasteiger partial charge on any atom is 0.131 e. The third-order valence-electron chi connectivity index (χ3n) is 3.83. The molecule has 1 N–H and O–H groups in total. The van der Waals surface area contributed by atoms with Crippen LogP contribution in [0.25, 0.3) is 0 Å².